The third-order valence-corrected chi connectivity index (χ3v) is 5.32. The topological polar surface area (TPSA) is 75.9 Å². The van der Waals surface area contributed by atoms with Crippen molar-refractivity contribution in [3.63, 3.8) is 0 Å². The number of amides is 2. The number of morpholine rings is 1. The van der Waals surface area contributed by atoms with E-state index >= 15 is 0 Å². The average Bonchev–Trinajstić information content (AvgIpc) is 3.29. The van der Waals surface area contributed by atoms with E-state index in [1.165, 1.54) is 12.8 Å². The number of aryl methyl sites for hydroxylation is 1. The summed E-state index contributed by atoms with van der Waals surface area (Å²) in [5.41, 5.74) is 0.0674. The Kier molecular flexibility index (Phi) is 3.83. The number of carbonyl (C=O) groups excluding carboxylic acids is 2. The largest absolute Gasteiger partial charge is 0.363 e. The molecule has 0 N–H and O–H groups in total. The van der Waals surface area contributed by atoms with Crippen molar-refractivity contribution in [2.45, 2.75) is 38.2 Å². The molecule has 3 aliphatic rings. The molecule has 1 aromatic heterocycles. The first kappa shape index (κ1) is 15.6. The van der Waals surface area contributed by atoms with Crippen LogP contribution in [0.3, 0.4) is 0 Å². The lowest BCUT2D eigenvalue weighted by Crippen LogP contribution is -2.59. The van der Waals surface area contributed by atoms with Crippen molar-refractivity contribution >= 4 is 11.8 Å². The molecule has 0 bridgehead atoms. The predicted octanol–water partition coefficient (Wildman–Crippen LogP) is 1.23. The van der Waals surface area contributed by atoms with Gasteiger partial charge in [0.05, 0.1) is 5.60 Å². The molecular weight excluding hydrogens is 310 g/mol. The van der Waals surface area contributed by atoms with Gasteiger partial charge in [-0.3, -0.25) is 9.59 Å². The molecule has 130 valence electrons. The summed E-state index contributed by atoms with van der Waals surface area (Å²) in [6, 6.07) is 1.67. The summed E-state index contributed by atoms with van der Waals surface area (Å²) >= 11 is 0. The Morgan fingerprint density at radius 1 is 1.38 bits per heavy atom. The van der Waals surface area contributed by atoms with Gasteiger partial charge in [-0.1, -0.05) is 5.16 Å². The standard InChI is InChI=1S/C17H23N3O4/c1-12-8-14(18-24-12)16(22)19-6-4-17(5-7-19)11-20(9-13-2-3-13)15(21)10-23-17/h8,13H,2-7,9-11H2,1H3. The molecule has 3 heterocycles. The van der Waals surface area contributed by atoms with Gasteiger partial charge in [-0.25, -0.2) is 0 Å². The van der Waals surface area contributed by atoms with Crippen LogP contribution in [0.1, 0.15) is 41.9 Å². The zero-order chi connectivity index (χ0) is 16.7. The highest BCUT2D eigenvalue weighted by molar-refractivity contribution is 5.92. The van der Waals surface area contributed by atoms with Gasteiger partial charge in [-0.15, -0.1) is 0 Å². The van der Waals surface area contributed by atoms with Crippen LogP contribution in [0.5, 0.6) is 0 Å². The highest BCUT2D eigenvalue weighted by Gasteiger charge is 2.44. The first-order valence-corrected chi connectivity index (χ1v) is 8.69. The second-order valence-corrected chi connectivity index (χ2v) is 7.30. The summed E-state index contributed by atoms with van der Waals surface area (Å²) in [5, 5.41) is 3.81. The van der Waals surface area contributed by atoms with Gasteiger partial charge in [0.1, 0.15) is 12.4 Å². The van der Waals surface area contributed by atoms with Crippen molar-refractivity contribution in [2.75, 3.05) is 32.8 Å². The van der Waals surface area contributed by atoms with Crippen LogP contribution < -0.4 is 0 Å². The summed E-state index contributed by atoms with van der Waals surface area (Å²) in [7, 11) is 0. The second-order valence-electron chi connectivity index (χ2n) is 7.30. The third kappa shape index (κ3) is 3.05. The fraction of sp³-hybridized carbons (Fsp3) is 0.706. The first-order valence-electron chi connectivity index (χ1n) is 8.69. The number of likely N-dealkylation sites (tertiary alicyclic amines) is 1. The number of rotatable bonds is 3. The molecule has 2 aliphatic heterocycles. The molecule has 2 saturated heterocycles. The molecule has 0 unspecified atom stereocenters. The summed E-state index contributed by atoms with van der Waals surface area (Å²) in [6.45, 7) is 4.71. The van der Waals surface area contributed by atoms with Crippen molar-refractivity contribution in [1.82, 2.24) is 15.0 Å². The van der Waals surface area contributed by atoms with Crippen molar-refractivity contribution < 1.29 is 18.8 Å². The summed E-state index contributed by atoms with van der Waals surface area (Å²) < 4.78 is 10.9. The molecule has 2 amide bonds. The van der Waals surface area contributed by atoms with Gasteiger partial charge in [-0.2, -0.15) is 0 Å². The van der Waals surface area contributed by atoms with Gasteiger partial charge in [0.25, 0.3) is 5.91 Å². The maximum atomic E-state index is 12.5. The van der Waals surface area contributed by atoms with E-state index in [0.717, 1.165) is 19.4 Å². The number of ether oxygens (including phenoxy) is 1. The number of hydrogen-bond donors (Lipinski definition) is 0. The minimum absolute atomic E-state index is 0.0941. The Bertz CT molecular complexity index is 644. The van der Waals surface area contributed by atoms with Crippen LogP contribution in [0.25, 0.3) is 0 Å². The monoisotopic (exact) mass is 333 g/mol. The summed E-state index contributed by atoms with van der Waals surface area (Å²) in [5.74, 6) is 1.32. The molecule has 1 aliphatic carbocycles. The third-order valence-electron chi connectivity index (χ3n) is 5.32. The lowest BCUT2D eigenvalue weighted by atomic mass is 9.89. The number of piperidine rings is 1. The van der Waals surface area contributed by atoms with E-state index < -0.39 is 0 Å². The van der Waals surface area contributed by atoms with Crippen LogP contribution in [-0.2, 0) is 9.53 Å². The number of aromatic nitrogens is 1. The molecule has 3 fully saturated rings. The van der Waals surface area contributed by atoms with Crippen molar-refractivity contribution in [2.24, 2.45) is 5.92 Å². The Hall–Kier alpha value is -1.89. The van der Waals surface area contributed by atoms with E-state index in [0.29, 0.717) is 37.0 Å². The van der Waals surface area contributed by atoms with E-state index in [1.807, 2.05) is 4.90 Å². The van der Waals surface area contributed by atoms with Gasteiger partial charge in [0.15, 0.2) is 5.69 Å². The lowest BCUT2D eigenvalue weighted by molar-refractivity contribution is -0.170. The van der Waals surface area contributed by atoms with E-state index in [1.54, 1.807) is 17.9 Å². The minimum Gasteiger partial charge on any atom is -0.363 e. The van der Waals surface area contributed by atoms with Gasteiger partial charge in [0.2, 0.25) is 5.91 Å². The Balaban J connectivity index is 1.37. The minimum atomic E-state index is -0.292. The van der Waals surface area contributed by atoms with Gasteiger partial charge in [0, 0.05) is 32.2 Å². The SMILES string of the molecule is Cc1cc(C(=O)N2CCC3(CC2)CN(CC2CC2)C(=O)CO3)no1. The van der Waals surface area contributed by atoms with Crippen molar-refractivity contribution in [3.8, 4) is 0 Å². The van der Waals surface area contributed by atoms with E-state index in [-0.39, 0.29) is 24.0 Å². The van der Waals surface area contributed by atoms with Gasteiger partial charge >= 0.3 is 0 Å². The Morgan fingerprint density at radius 3 is 2.75 bits per heavy atom. The maximum absolute atomic E-state index is 12.5. The van der Waals surface area contributed by atoms with Crippen molar-refractivity contribution in [1.29, 1.82) is 0 Å². The van der Waals surface area contributed by atoms with Crippen LogP contribution >= 0.6 is 0 Å². The lowest BCUT2D eigenvalue weighted by Gasteiger charge is -2.47. The van der Waals surface area contributed by atoms with Crippen LogP contribution in [-0.4, -0.2) is 65.2 Å². The smallest absolute Gasteiger partial charge is 0.276 e. The first-order chi connectivity index (χ1) is 11.5. The summed E-state index contributed by atoms with van der Waals surface area (Å²) in [4.78, 5) is 28.3. The number of hydrogen-bond acceptors (Lipinski definition) is 5. The molecule has 0 atom stereocenters. The van der Waals surface area contributed by atoms with Gasteiger partial charge in [-0.05, 0) is 38.5 Å². The fourth-order valence-corrected chi connectivity index (χ4v) is 3.62. The Labute approximate surface area is 140 Å². The zero-order valence-electron chi connectivity index (χ0n) is 14.0. The molecule has 7 nitrogen and oxygen atoms in total. The van der Waals surface area contributed by atoms with E-state index in [2.05, 4.69) is 5.16 Å². The van der Waals surface area contributed by atoms with E-state index in [4.69, 9.17) is 9.26 Å². The maximum Gasteiger partial charge on any atom is 0.276 e. The molecule has 0 aromatic carbocycles. The normalized spacial score (nSPS) is 23.8. The molecular formula is C17H23N3O4. The van der Waals surface area contributed by atoms with Gasteiger partial charge < -0.3 is 19.1 Å². The molecule has 1 spiro atoms. The number of carbonyl (C=O) groups is 2. The van der Waals surface area contributed by atoms with Crippen LogP contribution in [0.2, 0.25) is 0 Å². The quantitative estimate of drug-likeness (QED) is 0.831. The molecule has 7 heteroatoms. The fourth-order valence-electron chi connectivity index (χ4n) is 3.62. The highest BCUT2D eigenvalue weighted by Crippen LogP contribution is 2.35. The average molecular weight is 333 g/mol. The molecule has 1 aromatic rings. The van der Waals surface area contributed by atoms with E-state index in [9.17, 15) is 9.59 Å². The van der Waals surface area contributed by atoms with Crippen LogP contribution in [0, 0.1) is 12.8 Å². The Morgan fingerprint density at radius 2 is 2.12 bits per heavy atom. The molecule has 0 radical (unpaired) electrons. The van der Waals surface area contributed by atoms with Crippen molar-refractivity contribution in [3.05, 3.63) is 17.5 Å². The summed E-state index contributed by atoms with van der Waals surface area (Å²) in [6.07, 6.45) is 3.97. The molecule has 1 saturated carbocycles. The second kappa shape index (κ2) is 5.88. The predicted molar refractivity (Wildman–Crippen MR) is 84.4 cm³/mol. The zero-order valence-corrected chi connectivity index (χ0v) is 14.0. The number of nitrogens with zero attached hydrogens (tertiary/aromatic N) is 3. The molecule has 4 rings (SSSR count). The van der Waals surface area contributed by atoms with Crippen LogP contribution in [0.15, 0.2) is 10.6 Å². The molecule has 24 heavy (non-hydrogen) atoms. The highest BCUT2D eigenvalue weighted by atomic mass is 16.5. The van der Waals surface area contributed by atoms with Crippen LogP contribution in [0.4, 0.5) is 0 Å².